The lowest BCUT2D eigenvalue weighted by atomic mass is 9.73. The first-order valence-corrected chi connectivity index (χ1v) is 4.45. The monoisotopic (exact) mass is 150 g/mol. The van der Waals surface area contributed by atoms with E-state index in [4.69, 9.17) is 0 Å². The molecular weight excluding hydrogens is 136 g/mol. The topological polar surface area (TPSA) is 17.1 Å². The van der Waals surface area contributed by atoms with Gasteiger partial charge in [0.15, 0.2) is 5.78 Å². The summed E-state index contributed by atoms with van der Waals surface area (Å²) in [6.45, 7) is 2.24. The zero-order valence-electron chi connectivity index (χ0n) is 7.02. The van der Waals surface area contributed by atoms with Crippen molar-refractivity contribution in [2.45, 2.75) is 39.0 Å². The average molecular weight is 150 g/mol. The van der Waals surface area contributed by atoms with Crippen LogP contribution in [0.5, 0.6) is 0 Å². The third-order valence-corrected chi connectivity index (χ3v) is 3.10. The van der Waals surface area contributed by atoms with Crippen molar-refractivity contribution in [3.05, 3.63) is 11.6 Å². The summed E-state index contributed by atoms with van der Waals surface area (Å²) in [5.74, 6) is 0.351. The molecule has 0 spiro atoms. The molecule has 0 aromatic rings. The van der Waals surface area contributed by atoms with Crippen LogP contribution in [0.1, 0.15) is 39.0 Å². The minimum atomic E-state index is 0.273. The van der Waals surface area contributed by atoms with Crippen molar-refractivity contribution in [1.29, 1.82) is 0 Å². The van der Waals surface area contributed by atoms with E-state index in [0.29, 0.717) is 5.78 Å². The minimum absolute atomic E-state index is 0.273. The third-order valence-electron chi connectivity index (χ3n) is 3.10. The quantitative estimate of drug-likeness (QED) is 0.518. The van der Waals surface area contributed by atoms with Gasteiger partial charge in [0, 0.05) is 6.42 Å². The molecule has 0 aromatic heterocycles. The van der Waals surface area contributed by atoms with Crippen molar-refractivity contribution in [1.82, 2.24) is 0 Å². The Morgan fingerprint density at radius 2 is 2.27 bits per heavy atom. The Morgan fingerprint density at radius 1 is 1.45 bits per heavy atom. The van der Waals surface area contributed by atoms with Crippen LogP contribution in [0.2, 0.25) is 0 Å². The van der Waals surface area contributed by atoms with Crippen molar-refractivity contribution >= 4 is 5.78 Å². The van der Waals surface area contributed by atoms with Gasteiger partial charge >= 0.3 is 0 Å². The number of carbonyl (C=O) groups excluding carboxylic acids is 1. The molecule has 1 atom stereocenters. The highest BCUT2D eigenvalue weighted by molar-refractivity contribution is 5.94. The summed E-state index contributed by atoms with van der Waals surface area (Å²) in [5, 5.41) is 0. The molecule has 0 amide bonds. The number of fused-ring (bicyclic) bond motifs is 1. The fraction of sp³-hybridized carbons (Fsp3) is 0.700. The number of hydrogen-bond donors (Lipinski definition) is 0. The Balaban J connectivity index is 2.29. The molecule has 0 aliphatic heterocycles. The molecule has 0 radical (unpaired) electrons. The summed E-state index contributed by atoms with van der Waals surface area (Å²) in [4.78, 5) is 11.1. The van der Waals surface area contributed by atoms with Crippen LogP contribution in [-0.2, 0) is 4.79 Å². The zero-order chi connectivity index (χ0) is 7.90. The Labute approximate surface area is 67.5 Å². The van der Waals surface area contributed by atoms with E-state index >= 15 is 0 Å². The summed E-state index contributed by atoms with van der Waals surface area (Å²) in [6, 6.07) is 0. The molecule has 1 saturated carbocycles. The lowest BCUT2D eigenvalue weighted by Gasteiger charge is -2.31. The lowest BCUT2D eigenvalue weighted by Crippen LogP contribution is -2.20. The van der Waals surface area contributed by atoms with E-state index in [2.05, 4.69) is 6.92 Å². The summed E-state index contributed by atoms with van der Waals surface area (Å²) >= 11 is 0. The second kappa shape index (κ2) is 2.20. The predicted octanol–water partition coefficient (Wildman–Crippen LogP) is 2.47. The maximum atomic E-state index is 11.1. The number of rotatable bonds is 0. The number of allylic oxidation sites excluding steroid dienone is 2. The van der Waals surface area contributed by atoms with Crippen LogP contribution in [0.25, 0.3) is 0 Å². The fourth-order valence-electron chi connectivity index (χ4n) is 2.37. The Hall–Kier alpha value is -0.590. The highest BCUT2D eigenvalue weighted by Gasteiger charge is 2.37. The van der Waals surface area contributed by atoms with Gasteiger partial charge in [0.05, 0.1) is 0 Å². The first kappa shape index (κ1) is 7.08. The van der Waals surface area contributed by atoms with Gasteiger partial charge in [-0.2, -0.15) is 0 Å². The molecule has 1 fully saturated rings. The molecule has 0 heterocycles. The van der Waals surface area contributed by atoms with Crippen LogP contribution in [-0.4, -0.2) is 5.78 Å². The molecule has 1 nitrogen and oxygen atoms in total. The van der Waals surface area contributed by atoms with Gasteiger partial charge in [0.25, 0.3) is 0 Å². The lowest BCUT2D eigenvalue weighted by molar-refractivity contribution is -0.115. The first-order chi connectivity index (χ1) is 5.21. The van der Waals surface area contributed by atoms with Crippen molar-refractivity contribution in [2.75, 3.05) is 0 Å². The molecule has 11 heavy (non-hydrogen) atoms. The molecular formula is C10H14O. The highest BCUT2D eigenvalue weighted by Crippen LogP contribution is 2.46. The smallest absolute Gasteiger partial charge is 0.156 e. The summed E-state index contributed by atoms with van der Waals surface area (Å²) in [5.41, 5.74) is 1.70. The molecule has 1 heteroatoms. The van der Waals surface area contributed by atoms with Crippen LogP contribution in [0, 0.1) is 5.41 Å². The van der Waals surface area contributed by atoms with E-state index in [9.17, 15) is 4.79 Å². The maximum absolute atomic E-state index is 11.1. The van der Waals surface area contributed by atoms with Crippen molar-refractivity contribution in [3.8, 4) is 0 Å². The van der Waals surface area contributed by atoms with Gasteiger partial charge in [0.2, 0.25) is 0 Å². The average Bonchev–Trinajstić information content (AvgIpc) is 2.22. The van der Waals surface area contributed by atoms with Crippen molar-refractivity contribution < 1.29 is 4.79 Å². The normalized spacial score (nSPS) is 36.8. The molecule has 0 aromatic carbocycles. The maximum Gasteiger partial charge on any atom is 0.156 e. The molecule has 0 bridgehead atoms. The van der Waals surface area contributed by atoms with Gasteiger partial charge in [-0.15, -0.1) is 0 Å². The van der Waals surface area contributed by atoms with Crippen LogP contribution in [0.4, 0.5) is 0 Å². The van der Waals surface area contributed by atoms with E-state index in [1.807, 2.05) is 6.08 Å². The molecule has 2 aliphatic carbocycles. The molecule has 0 unspecified atom stereocenters. The van der Waals surface area contributed by atoms with Gasteiger partial charge in [-0.1, -0.05) is 18.9 Å². The van der Waals surface area contributed by atoms with Crippen molar-refractivity contribution in [3.63, 3.8) is 0 Å². The van der Waals surface area contributed by atoms with E-state index in [-0.39, 0.29) is 5.41 Å². The summed E-state index contributed by atoms with van der Waals surface area (Å²) < 4.78 is 0. The largest absolute Gasteiger partial charge is 0.295 e. The van der Waals surface area contributed by atoms with Crippen LogP contribution in [0.3, 0.4) is 0 Å². The van der Waals surface area contributed by atoms with E-state index in [1.165, 1.54) is 31.3 Å². The predicted molar refractivity (Wildman–Crippen MR) is 44.3 cm³/mol. The second-order valence-corrected chi connectivity index (χ2v) is 4.08. The Morgan fingerprint density at radius 3 is 3.00 bits per heavy atom. The first-order valence-electron chi connectivity index (χ1n) is 4.45. The third kappa shape index (κ3) is 1.03. The van der Waals surface area contributed by atoms with E-state index in [1.54, 1.807) is 0 Å². The van der Waals surface area contributed by atoms with Gasteiger partial charge in [-0.25, -0.2) is 0 Å². The summed E-state index contributed by atoms with van der Waals surface area (Å²) in [7, 11) is 0. The number of carbonyl (C=O) groups is 1. The van der Waals surface area contributed by atoms with Crippen LogP contribution in [0.15, 0.2) is 11.6 Å². The van der Waals surface area contributed by atoms with Gasteiger partial charge in [-0.3, -0.25) is 4.79 Å². The Kier molecular flexibility index (Phi) is 1.41. The van der Waals surface area contributed by atoms with Crippen molar-refractivity contribution in [2.24, 2.45) is 5.41 Å². The second-order valence-electron chi connectivity index (χ2n) is 4.08. The van der Waals surface area contributed by atoms with Gasteiger partial charge in [0.1, 0.15) is 0 Å². The molecule has 0 N–H and O–H groups in total. The standard InChI is InChI=1S/C10H14O/c1-10-5-3-2-4-8(10)6-9(11)7-10/h6H,2-5,7H2,1H3/t10-/m0/s1. The molecule has 2 rings (SSSR count). The van der Waals surface area contributed by atoms with E-state index < -0.39 is 0 Å². The molecule has 2 aliphatic rings. The number of hydrogen-bond acceptors (Lipinski definition) is 1. The Bertz CT molecular complexity index is 227. The van der Waals surface area contributed by atoms with E-state index in [0.717, 1.165) is 6.42 Å². The van der Waals surface area contributed by atoms with Gasteiger partial charge < -0.3 is 0 Å². The molecule has 0 saturated heterocycles. The number of ketones is 1. The zero-order valence-corrected chi connectivity index (χ0v) is 7.02. The fourth-order valence-corrected chi connectivity index (χ4v) is 2.37. The highest BCUT2D eigenvalue weighted by atomic mass is 16.1. The van der Waals surface area contributed by atoms with Crippen LogP contribution >= 0.6 is 0 Å². The molecule has 60 valence electrons. The van der Waals surface area contributed by atoms with Crippen LogP contribution < -0.4 is 0 Å². The minimum Gasteiger partial charge on any atom is -0.295 e. The van der Waals surface area contributed by atoms with Gasteiger partial charge in [-0.05, 0) is 30.8 Å². The SMILES string of the molecule is C[C@@]12CCCCC1=CC(=O)C2. The summed E-state index contributed by atoms with van der Waals surface area (Å²) in [6.07, 6.45) is 7.66.